The first-order valence-electron chi connectivity index (χ1n) is 8.08. The van der Waals surface area contributed by atoms with Crippen LogP contribution < -0.4 is 10.6 Å². The molecule has 0 aliphatic carbocycles. The quantitative estimate of drug-likeness (QED) is 0.248. The minimum Gasteiger partial charge on any atom is -0.383 e. The zero-order valence-corrected chi connectivity index (χ0v) is 14.4. The normalized spacial score (nSPS) is 11.2. The maximum atomic E-state index is 13.7. The van der Waals surface area contributed by atoms with E-state index in [1.165, 1.54) is 18.2 Å². The number of hydrogen-bond donors (Lipinski definition) is 2. The van der Waals surface area contributed by atoms with Gasteiger partial charge in [-0.1, -0.05) is 30.3 Å². The molecule has 0 heterocycles. The van der Waals surface area contributed by atoms with Gasteiger partial charge in [0.2, 0.25) is 0 Å². The second-order valence-corrected chi connectivity index (χ2v) is 5.45. The third kappa shape index (κ3) is 6.14. The summed E-state index contributed by atoms with van der Waals surface area (Å²) in [6.45, 7) is 1.65. The van der Waals surface area contributed by atoms with Crippen LogP contribution in [0.2, 0.25) is 0 Å². The lowest BCUT2D eigenvalue weighted by Crippen LogP contribution is -2.38. The molecule has 0 saturated heterocycles. The number of non-ortho nitro benzene ring substituents is 1. The molecule has 7 nitrogen and oxygen atoms in total. The third-order valence-electron chi connectivity index (χ3n) is 3.57. The van der Waals surface area contributed by atoms with Gasteiger partial charge in [0.25, 0.3) is 5.69 Å². The molecule has 138 valence electrons. The molecule has 2 N–H and O–H groups in total. The summed E-state index contributed by atoms with van der Waals surface area (Å²) in [5.41, 5.74) is 1.40. The van der Waals surface area contributed by atoms with Gasteiger partial charge in [-0.05, 0) is 11.6 Å². The number of halogens is 1. The second kappa shape index (κ2) is 10.1. The minimum absolute atomic E-state index is 0.0360. The van der Waals surface area contributed by atoms with Crippen molar-refractivity contribution in [1.29, 1.82) is 0 Å². The molecule has 2 rings (SSSR count). The predicted molar refractivity (Wildman–Crippen MR) is 97.4 cm³/mol. The van der Waals surface area contributed by atoms with Gasteiger partial charge in [0.15, 0.2) is 5.96 Å². The highest BCUT2D eigenvalue weighted by Crippen LogP contribution is 2.12. The molecule has 0 radical (unpaired) electrons. The molecule has 0 fully saturated rings. The van der Waals surface area contributed by atoms with E-state index in [1.54, 1.807) is 37.4 Å². The maximum Gasteiger partial charge on any atom is 0.269 e. The molecule has 0 aliphatic heterocycles. The number of nitrogens with one attached hydrogen (secondary N) is 2. The van der Waals surface area contributed by atoms with Crippen molar-refractivity contribution in [3.05, 3.63) is 75.6 Å². The molecule has 0 saturated carbocycles. The van der Waals surface area contributed by atoms with E-state index in [2.05, 4.69) is 15.6 Å². The second-order valence-electron chi connectivity index (χ2n) is 5.45. The molecule has 0 atom stereocenters. The largest absolute Gasteiger partial charge is 0.383 e. The first-order valence-corrected chi connectivity index (χ1v) is 8.08. The zero-order chi connectivity index (χ0) is 18.8. The Morgan fingerprint density at radius 2 is 1.92 bits per heavy atom. The van der Waals surface area contributed by atoms with Gasteiger partial charge in [-0.15, -0.1) is 0 Å². The number of rotatable bonds is 8. The van der Waals surface area contributed by atoms with Crippen LogP contribution in [-0.4, -0.2) is 31.1 Å². The van der Waals surface area contributed by atoms with E-state index >= 15 is 0 Å². The van der Waals surface area contributed by atoms with Crippen molar-refractivity contribution in [3.8, 4) is 0 Å². The Morgan fingerprint density at radius 3 is 2.58 bits per heavy atom. The van der Waals surface area contributed by atoms with E-state index in [-0.39, 0.29) is 18.0 Å². The van der Waals surface area contributed by atoms with Crippen LogP contribution in [0.1, 0.15) is 11.1 Å². The molecule has 2 aromatic carbocycles. The zero-order valence-electron chi connectivity index (χ0n) is 14.4. The molecule has 0 amide bonds. The lowest BCUT2D eigenvalue weighted by atomic mass is 10.2. The minimum atomic E-state index is -0.444. The van der Waals surface area contributed by atoms with Crippen LogP contribution in [0.4, 0.5) is 10.1 Å². The number of hydrogen-bond acceptors (Lipinski definition) is 4. The molecule has 0 bridgehead atoms. The highest BCUT2D eigenvalue weighted by molar-refractivity contribution is 5.79. The van der Waals surface area contributed by atoms with Gasteiger partial charge >= 0.3 is 0 Å². The van der Waals surface area contributed by atoms with Crippen LogP contribution in [-0.2, 0) is 17.8 Å². The lowest BCUT2D eigenvalue weighted by Gasteiger charge is -2.13. The average Bonchev–Trinajstić information content (AvgIpc) is 2.65. The molecule has 0 aromatic heterocycles. The standard InChI is InChI=1S/C18H21FN4O3/c1-26-11-10-20-18(22-13-15-4-2-3-5-17(15)19)21-12-14-6-8-16(9-7-14)23(24)25/h2-9H,10-13H2,1H3,(H2,20,21,22). The average molecular weight is 360 g/mol. The molecule has 2 aromatic rings. The van der Waals surface area contributed by atoms with Crippen molar-refractivity contribution in [1.82, 2.24) is 10.6 Å². The Morgan fingerprint density at radius 1 is 1.19 bits per heavy atom. The number of guanidine groups is 1. The molecular weight excluding hydrogens is 339 g/mol. The van der Waals surface area contributed by atoms with Crippen molar-refractivity contribution >= 4 is 11.6 Å². The van der Waals surface area contributed by atoms with Crippen LogP contribution in [0, 0.1) is 15.9 Å². The predicted octanol–water partition coefficient (Wildman–Crippen LogP) is 2.62. The number of nitro groups is 1. The Hall–Kier alpha value is -3.00. The van der Waals surface area contributed by atoms with E-state index in [4.69, 9.17) is 4.74 Å². The molecule has 8 heteroatoms. The van der Waals surface area contributed by atoms with Crippen molar-refractivity contribution in [2.75, 3.05) is 20.3 Å². The Bertz CT molecular complexity index is 750. The number of ether oxygens (including phenoxy) is 1. The number of benzene rings is 2. The third-order valence-corrected chi connectivity index (χ3v) is 3.57. The summed E-state index contributed by atoms with van der Waals surface area (Å²) in [5.74, 6) is 0.218. The number of methoxy groups -OCH3 is 1. The van der Waals surface area contributed by atoms with E-state index in [0.717, 1.165) is 5.56 Å². The molecular formula is C18H21FN4O3. The van der Waals surface area contributed by atoms with Crippen LogP contribution in [0.5, 0.6) is 0 Å². The first-order chi connectivity index (χ1) is 12.6. The highest BCUT2D eigenvalue weighted by Gasteiger charge is 2.05. The summed E-state index contributed by atoms with van der Waals surface area (Å²) in [5, 5.41) is 16.9. The molecule has 0 spiro atoms. The summed E-state index contributed by atoms with van der Waals surface area (Å²) >= 11 is 0. The summed E-state index contributed by atoms with van der Waals surface area (Å²) in [6.07, 6.45) is 0. The van der Waals surface area contributed by atoms with Gasteiger partial charge < -0.3 is 15.4 Å². The van der Waals surface area contributed by atoms with Crippen LogP contribution in [0.3, 0.4) is 0 Å². The Kier molecular flexibility index (Phi) is 7.50. The van der Waals surface area contributed by atoms with E-state index in [1.807, 2.05) is 0 Å². The van der Waals surface area contributed by atoms with Crippen molar-refractivity contribution < 1.29 is 14.1 Å². The fraction of sp³-hybridized carbons (Fsp3) is 0.278. The van der Waals surface area contributed by atoms with Gasteiger partial charge in [-0.25, -0.2) is 9.38 Å². The van der Waals surface area contributed by atoms with Gasteiger partial charge in [-0.3, -0.25) is 10.1 Å². The lowest BCUT2D eigenvalue weighted by molar-refractivity contribution is -0.384. The van der Waals surface area contributed by atoms with Crippen LogP contribution in [0.15, 0.2) is 53.5 Å². The van der Waals surface area contributed by atoms with E-state index in [9.17, 15) is 14.5 Å². The summed E-state index contributed by atoms with van der Waals surface area (Å²) < 4.78 is 18.7. The van der Waals surface area contributed by atoms with Crippen molar-refractivity contribution in [2.45, 2.75) is 13.1 Å². The van der Waals surface area contributed by atoms with Crippen molar-refractivity contribution in [2.24, 2.45) is 4.99 Å². The number of aliphatic imine (C=N–C) groups is 1. The van der Waals surface area contributed by atoms with Crippen LogP contribution >= 0.6 is 0 Å². The summed E-state index contributed by atoms with van der Waals surface area (Å²) in [6, 6.07) is 12.7. The highest BCUT2D eigenvalue weighted by atomic mass is 19.1. The maximum absolute atomic E-state index is 13.7. The topological polar surface area (TPSA) is 88.8 Å². The smallest absolute Gasteiger partial charge is 0.269 e. The number of nitro benzene ring substituents is 1. The van der Waals surface area contributed by atoms with Crippen LogP contribution in [0.25, 0.3) is 0 Å². The van der Waals surface area contributed by atoms with Gasteiger partial charge in [-0.2, -0.15) is 0 Å². The molecule has 0 aliphatic rings. The number of nitrogens with zero attached hydrogens (tertiary/aromatic N) is 2. The Labute approximate surface area is 151 Å². The SMILES string of the molecule is COCCNC(=NCc1ccc([N+](=O)[O-])cc1)NCc1ccccc1F. The summed E-state index contributed by atoms with van der Waals surface area (Å²) in [7, 11) is 1.60. The van der Waals surface area contributed by atoms with Gasteiger partial charge in [0.05, 0.1) is 18.1 Å². The molecule has 0 unspecified atom stereocenters. The summed E-state index contributed by atoms with van der Waals surface area (Å²) in [4.78, 5) is 14.7. The van der Waals surface area contributed by atoms with Crippen molar-refractivity contribution in [3.63, 3.8) is 0 Å². The molecule has 26 heavy (non-hydrogen) atoms. The monoisotopic (exact) mass is 360 g/mol. The van der Waals surface area contributed by atoms with E-state index < -0.39 is 4.92 Å². The fourth-order valence-corrected chi connectivity index (χ4v) is 2.16. The first kappa shape index (κ1) is 19.3. The Balaban J connectivity index is 2.01. The van der Waals surface area contributed by atoms with Gasteiger partial charge in [0.1, 0.15) is 5.82 Å². The van der Waals surface area contributed by atoms with Gasteiger partial charge in [0, 0.05) is 37.9 Å². The van der Waals surface area contributed by atoms with E-state index in [0.29, 0.717) is 31.2 Å². The fourth-order valence-electron chi connectivity index (χ4n) is 2.16.